The number of aromatic amines is 1. The van der Waals surface area contributed by atoms with E-state index in [2.05, 4.69) is 15.2 Å². The molecule has 25 heavy (non-hydrogen) atoms. The molecule has 3 heterocycles. The van der Waals surface area contributed by atoms with E-state index in [1.54, 1.807) is 7.11 Å². The van der Waals surface area contributed by atoms with Gasteiger partial charge in [0.2, 0.25) is 0 Å². The Labute approximate surface area is 145 Å². The third kappa shape index (κ3) is 2.80. The second kappa shape index (κ2) is 6.68. The summed E-state index contributed by atoms with van der Waals surface area (Å²) in [6.45, 7) is 1.01. The van der Waals surface area contributed by atoms with Crippen LogP contribution in [0.2, 0.25) is 0 Å². The van der Waals surface area contributed by atoms with Crippen LogP contribution >= 0.6 is 0 Å². The standard InChI is InChI=1S/C18H20N4O3/c1-24-10-13-12-6-2-3-8-15(12)25-16(13)18(23)22-9-5-4-7-14(22)17-19-11-20-21-17/h2-3,6,8,11,14H,4-5,7,9-10H2,1H3,(H,19,20,21)/t14-/m1/s1. The van der Waals surface area contributed by atoms with Crippen molar-refractivity contribution in [1.29, 1.82) is 0 Å². The number of para-hydroxylation sites is 1. The van der Waals surface area contributed by atoms with Gasteiger partial charge in [0, 0.05) is 24.6 Å². The quantitative estimate of drug-likeness (QED) is 0.789. The van der Waals surface area contributed by atoms with Crippen molar-refractivity contribution in [3.63, 3.8) is 0 Å². The number of benzene rings is 1. The summed E-state index contributed by atoms with van der Waals surface area (Å²) in [5, 5.41) is 7.74. The van der Waals surface area contributed by atoms with Crippen molar-refractivity contribution in [2.24, 2.45) is 0 Å². The van der Waals surface area contributed by atoms with E-state index in [1.807, 2.05) is 29.2 Å². The summed E-state index contributed by atoms with van der Waals surface area (Å²) in [5.74, 6) is 0.955. The van der Waals surface area contributed by atoms with Gasteiger partial charge in [0.05, 0.1) is 12.6 Å². The molecule has 0 saturated carbocycles. The lowest BCUT2D eigenvalue weighted by molar-refractivity contribution is 0.0564. The molecule has 1 aromatic carbocycles. The van der Waals surface area contributed by atoms with Gasteiger partial charge >= 0.3 is 0 Å². The van der Waals surface area contributed by atoms with Gasteiger partial charge < -0.3 is 14.1 Å². The third-order valence-corrected chi connectivity index (χ3v) is 4.69. The van der Waals surface area contributed by atoms with Crippen LogP contribution in [0.15, 0.2) is 35.0 Å². The number of piperidine rings is 1. The zero-order valence-electron chi connectivity index (χ0n) is 14.1. The maximum atomic E-state index is 13.3. The highest BCUT2D eigenvalue weighted by Gasteiger charge is 2.33. The minimum absolute atomic E-state index is 0.104. The highest BCUT2D eigenvalue weighted by molar-refractivity contribution is 5.99. The molecule has 1 N–H and O–H groups in total. The molecule has 0 radical (unpaired) electrons. The Morgan fingerprint density at radius 2 is 2.28 bits per heavy atom. The average Bonchev–Trinajstić information content (AvgIpc) is 3.30. The molecule has 1 aliphatic heterocycles. The van der Waals surface area contributed by atoms with Crippen molar-refractivity contribution in [3.8, 4) is 0 Å². The second-order valence-corrected chi connectivity index (χ2v) is 6.22. The Balaban J connectivity index is 1.74. The number of rotatable bonds is 4. The average molecular weight is 340 g/mol. The SMILES string of the molecule is COCc1c(C(=O)N2CCCC[C@@H]2c2ncn[nH]2)oc2ccccc12. The van der Waals surface area contributed by atoms with Crippen LogP contribution < -0.4 is 0 Å². The number of likely N-dealkylation sites (tertiary alicyclic amines) is 1. The second-order valence-electron chi connectivity index (χ2n) is 6.22. The van der Waals surface area contributed by atoms with Gasteiger partial charge in [0.25, 0.3) is 5.91 Å². The fourth-order valence-corrected chi connectivity index (χ4v) is 3.52. The fraction of sp³-hybridized carbons (Fsp3) is 0.389. The molecule has 130 valence electrons. The summed E-state index contributed by atoms with van der Waals surface area (Å²) >= 11 is 0. The number of carbonyl (C=O) groups is 1. The first kappa shape index (κ1) is 15.8. The number of carbonyl (C=O) groups excluding carboxylic acids is 1. The summed E-state index contributed by atoms with van der Waals surface area (Å²) in [6.07, 6.45) is 4.36. The Hall–Kier alpha value is -2.67. The first-order valence-corrected chi connectivity index (χ1v) is 8.45. The molecule has 0 spiro atoms. The summed E-state index contributed by atoms with van der Waals surface area (Å²) in [7, 11) is 1.62. The Bertz CT molecular complexity index is 872. The van der Waals surface area contributed by atoms with Gasteiger partial charge in [-0.25, -0.2) is 4.98 Å². The molecule has 0 aliphatic carbocycles. The normalized spacial score (nSPS) is 18.0. The van der Waals surface area contributed by atoms with Crippen LogP contribution in [0.5, 0.6) is 0 Å². The van der Waals surface area contributed by atoms with Gasteiger partial charge in [-0.05, 0) is 25.3 Å². The number of methoxy groups -OCH3 is 1. The van der Waals surface area contributed by atoms with Crippen LogP contribution in [0.25, 0.3) is 11.0 Å². The maximum Gasteiger partial charge on any atom is 0.290 e. The summed E-state index contributed by atoms with van der Waals surface area (Å²) in [6, 6.07) is 7.55. The number of hydrogen-bond acceptors (Lipinski definition) is 5. The van der Waals surface area contributed by atoms with Gasteiger partial charge in [-0.1, -0.05) is 18.2 Å². The van der Waals surface area contributed by atoms with Gasteiger partial charge in [-0.15, -0.1) is 0 Å². The van der Waals surface area contributed by atoms with Crippen LogP contribution in [0.3, 0.4) is 0 Å². The molecule has 7 heteroatoms. The van der Waals surface area contributed by atoms with Crippen molar-refractivity contribution in [1.82, 2.24) is 20.1 Å². The number of hydrogen-bond donors (Lipinski definition) is 1. The van der Waals surface area contributed by atoms with Crippen LogP contribution in [0, 0.1) is 0 Å². The van der Waals surface area contributed by atoms with Crippen molar-refractivity contribution in [3.05, 3.63) is 47.7 Å². The van der Waals surface area contributed by atoms with E-state index in [9.17, 15) is 4.79 Å². The Morgan fingerprint density at radius 3 is 3.08 bits per heavy atom. The predicted molar refractivity (Wildman–Crippen MR) is 90.9 cm³/mol. The molecule has 3 aromatic rings. The smallest absolute Gasteiger partial charge is 0.290 e. The number of nitrogens with one attached hydrogen (secondary N) is 1. The van der Waals surface area contributed by atoms with Gasteiger partial charge in [0.15, 0.2) is 5.76 Å². The maximum absolute atomic E-state index is 13.3. The topological polar surface area (TPSA) is 84.2 Å². The minimum Gasteiger partial charge on any atom is -0.451 e. The van der Waals surface area contributed by atoms with Gasteiger partial charge in [-0.3, -0.25) is 9.89 Å². The Morgan fingerprint density at radius 1 is 1.40 bits per heavy atom. The van der Waals surface area contributed by atoms with Crippen LogP contribution in [0.1, 0.15) is 47.2 Å². The molecular weight excluding hydrogens is 320 g/mol. The van der Waals surface area contributed by atoms with Gasteiger partial charge in [-0.2, -0.15) is 5.10 Å². The molecule has 1 amide bonds. The monoisotopic (exact) mass is 340 g/mol. The number of ether oxygens (including phenoxy) is 1. The molecule has 1 fully saturated rings. The van der Waals surface area contributed by atoms with E-state index >= 15 is 0 Å². The molecule has 4 rings (SSSR count). The third-order valence-electron chi connectivity index (χ3n) is 4.69. The molecule has 1 saturated heterocycles. The highest BCUT2D eigenvalue weighted by atomic mass is 16.5. The first-order valence-electron chi connectivity index (χ1n) is 8.45. The number of fused-ring (bicyclic) bond motifs is 1. The summed E-state index contributed by atoms with van der Waals surface area (Å²) in [5.41, 5.74) is 1.50. The molecule has 0 bridgehead atoms. The molecular formula is C18H20N4O3. The lowest BCUT2D eigenvalue weighted by Gasteiger charge is -2.33. The molecule has 7 nitrogen and oxygen atoms in total. The zero-order valence-corrected chi connectivity index (χ0v) is 14.1. The fourth-order valence-electron chi connectivity index (χ4n) is 3.52. The molecule has 1 atom stereocenters. The van der Waals surface area contributed by atoms with Crippen LogP contribution in [-0.4, -0.2) is 39.6 Å². The van der Waals surface area contributed by atoms with E-state index in [-0.39, 0.29) is 11.9 Å². The van der Waals surface area contributed by atoms with Crippen molar-refractivity contribution < 1.29 is 13.9 Å². The number of aromatic nitrogens is 3. The van der Waals surface area contributed by atoms with E-state index in [0.29, 0.717) is 24.5 Å². The zero-order chi connectivity index (χ0) is 17.2. The molecule has 1 aliphatic rings. The van der Waals surface area contributed by atoms with Crippen LogP contribution in [0.4, 0.5) is 0 Å². The van der Waals surface area contributed by atoms with Crippen molar-refractivity contribution in [2.75, 3.05) is 13.7 Å². The highest BCUT2D eigenvalue weighted by Crippen LogP contribution is 2.33. The number of amides is 1. The predicted octanol–water partition coefficient (Wildman–Crippen LogP) is 3.06. The molecule has 2 aromatic heterocycles. The lowest BCUT2D eigenvalue weighted by Crippen LogP contribution is -2.39. The number of furan rings is 1. The van der Waals surface area contributed by atoms with E-state index in [0.717, 1.165) is 36.0 Å². The first-order chi connectivity index (χ1) is 12.3. The van der Waals surface area contributed by atoms with E-state index in [4.69, 9.17) is 9.15 Å². The lowest BCUT2D eigenvalue weighted by atomic mass is 10.0. The van der Waals surface area contributed by atoms with Gasteiger partial charge in [0.1, 0.15) is 17.7 Å². The summed E-state index contributed by atoms with van der Waals surface area (Å²) < 4.78 is 11.2. The Kier molecular flexibility index (Phi) is 4.23. The van der Waals surface area contributed by atoms with Crippen LogP contribution in [-0.2, 0) is 11.3 Å². The number of nitrogens with zero attached hydrogens (tertiary/aromatic N) is 3. The van der Waals surface area contributed by atoms with Crippen molar-refractivity contribution >= 4 is 16.9 Å². The molecule has 0 unspecified atom stereocenters. The summed E-state index contributed by atoms with van der Waals surface area (Å²) in [4.78, 5) is 19.4. The minimum atomic E-state index is -0.121. The van der Waals surface area contributed by atoms with Crippen molar-refractivity contribution in [2.45, 2.75) is 31.9 Å². The number of H-pyrrole nitrogens is 1. The largest absolute Gasteiger partial charge is 0.451 e. The van der Waals surface area contributed by atoms with E-state index < -0.39 is 0 Å². The van der Waals surface area contributed by atoms with E-state index in [1.165, 1.54) is 6.33 Å².